The van der Waals surface area contributed by atoms with Gasteiger partial charge in [-0.25, -0.2) is 4.79 Å². The van der Waals surface area contributed by atoms with E-state index in [9.17, 15) is 33.6 Å². The lowest BCUT2D eigenvalue weighted by atomic mass is 9.73. The van der Waals surface area contributed by atoms with Crippen LogP contribution in [0.1, 0.15) is 114 Å². The summed E-state index contributed by atoms with van der Waals surface area (Å²) in [6.45, 7) is 19.5. The van der Waals surface area contributed by atoms with E-state index in [1.165, 1.54) is 4.90 Å². The van der Waals surface area contributed by atoms with Crippen molar-refractivity contribution in [3.05, 3.63) is 0 Å². The molecule has 0 bridgehead atoms. The topological polar surface area (TPSA) is 174 Å². The number of nitrogens with one attached hydrogen (secondary N) is 4. The Morgan fingerprint density at radius 2 is 1.44 bits per heavy atom. The first kappa shape index (κ1) is 37.7. The number of hydrogen-bond donors (Lipinski definition) is 4. The van der Waals surface area contributed by atoms with Gasteiger partial charge in [0, 0.05) is 32.0 Å². The smallest absolute Gasteiger partial charge is 0.315 e. The number of ketones is 1. The van der Waals surface area contributed by atoms with E-state index in [1.807, 2.05) is 55.4 Å². The normalized spacial score (nSPS) is 27.7. The summed E-state index contributed by atoms with van der Waals surface area (Å²) in [5.74, 6) is -2.80. The Bertz CT molecular complexity index is 1440. The van der Waals surface area contributed by atoms with Crippen LogP contribution in [0.4, 0.5) is 4.79 Å². The number of fused-ring (bicyclic) bond motifs is 1. The zero-order chi connectivity index (χ0) is 37.4. The van der Waals surface area contributed by atoms with Crippen molar-refractivity contribution in [1.29, 1.82) is 0 Å². The summed E-state index contributed by atoms with van der Waals surface area (Å²) in [7, 11) is 0. The highest BCUT2D eigenvalue weighted by Crippen LogP contribution is 2.65. The summed E-state index contributed by atoms with van der Waals surface area (Å²) >= 11 is 0. The molecule has 0 unspecified atom stereocenters. The van der Waals surface area contributed by atoms with Crippen LogP contribution in [0.3, 0.4) is 0 Å². The maximum Gasteiger partial charge on any atom is 0.315 e. The Morgan fingerprint density at radius 3 is 1.92 bits per heavy atom. The number of nitrogens with zero attached hydrogens (tertiary/aromatic N) is 2. The van der Waals surface area contributed by atoms with Crippen LogP contribution in [0.5, 0.6) is 0 Å². The van der Waals surface area contributed by atoms with Gasteiger partial charge in [-0.05, 0) is 65.6 Å². The summed E-state index contributed by atoms with van der Waals surface area (Å²) in [5, 5.41) is 11.5. The summed E-state index contributed by atoms with van der Waals surface area (Å²) in [4.78, 5) is 97.0. The van der Waals surface area contributed by atoms with Crippen molar-refractivity contribution in [3.63, 3.8) is 0 Å². The van der Waals surface area contributed by atoms with Crippen LogP contribution in [-0.4, -0.2) is 93.9 Å². The number of imide groups is 1. The number of likely N-dealkylation sites (tertiary alicyclic amines) is 2. The average Bonchev–Trinajstić information content (AvgIpc) is 3.79. The van der Waals surface area contributed by atoms with Crippen molar-refractivity contribution < 1.29 is 33.6 Å². The van der Waals surface area contributed by atoms with Crippen LogP contribution in [0.2, 0.25) is 0 Å². The number of amides is 7. The minimum atomic E-state index is -1.28. The van der Waals surface area contributed by atoms with Crippen molar-refractivity contribution in [1.82, 2.24) is 31.1 Å². The number of hydrogen-bond acceptors (Lipinski definition) is 7. The van der Waals surface area contributed by atoms with Gasteiger partial charge in [0.1, 0.15) is 17.6 Å². The first-order chi connectivity index (χ1) is 22.9. The Labute approximate surface area is 296 Å². The van der Waals surface area contributed by atoms with E-state index in [2.05, 4.69) is 35.1 Å². The molecule has 3 aliphatic carbocycles. The van der Waals surface area contributed by atoms with Crippen LogP contribution in [0.15, 0.2) is 0 Å². The predicted molar refractivity (Wildman–Crippen MR) is 185 cm³/mol. The van der Waals surface area contributed by atoms with Crippen LogP contribution >= 0.6 is 0 Å². The highest BCUT2D eigenvalue weighted by molar-refractivity contribution is 6.40. The number of carbonyl (C=O) groups excluding carboxylic acids is 7. The Morgan fingerprint density at radius 1 is 0.860 bits per heavy atom. The van der Waals surface area contributed by atoms with Gasteiger partial charge < -0.3 is 26.2 Å². The van der Waals surface area contributed by atoms with E-state index < -0.39 is 69.4 Å². The molecule has 3 saturated carbocycles. The molecule has 13 heteroatoms. The van der Waals surface area contributed by atoms with Crippen LogP contribution in [0, 0.1) is 33.5 Å². The maximum atomic E-state index is 14.5. The summed E-state index contributed by atoms with van der Waals surface area (Å²) in [6, 6.07) is -3.12. The second-order valence-corrected chi connectivity index (χ2v) is 19.1. The number of Topliss-reactive ketones (excluding diaryl/α,β-unsaturated/α-hetero) is 1. The number of urea groups is 1. The fourth-order valence-corrected chi connectivity index (χ4v) is 8.04. The lowest BCUT2D eigenvalue weighted by Crippen LogP contribution is -2.67. The molecule has 50 heavy (non-hydrogen) atoms. The molecule has 5 fully saturated rings. The van der Waals surface area contributed by atoms with E-state index >= 15 is 0 Å². The minimum Gasteiger partial charge on any atom is -0.347 e. The van der Waals surface area contributed by atoms with E-state index in [1.54, 1.807) is 4.90 Å². The highest BCUT2D eigenvalue weighted by atomic mass is 16.2. The molecule has 5 rings (SSSR count). The van der Waals surface area contributed by atoms with Crippen LogP contribution in [-0.2, 0) is 28.8 Å². The summed E-state index contributed by atoms with van der Waals surface area (Å²) in [6.07, 6.45) is 3.56. The molecule has 2 saturated heterocycles. The van der Waals surface area contributed by atoms with Gasteiger partial charge in [0.2, 0.25) is 29.4 Å². The second kappa shape index (κ2) is 12.6. The van der Waals surface area contributed by atoms with Gasteiger partial charge in [0.15, 0.2) is 0 Å². The van der Waals surface area contributed by atoms with E-state index in [0.29, 0.717) is 25.8 Å². The standard InChI is InChI=1S/C37H58N6O7/c1-33(2,3)22(19-42-23(44)16-35(7,8)17-24(42)45)39-32(50)40-27(34(4,5)6)31(49)43-18-21-25(36(21,9)10)26(43)29(47)41-37(14-11-15-37)28(46)30(48)38-20-12-13-20/h20-22,25-27H,11-19H2,1-10H3,(H,38,48)(H,41,47)(H2,39,40,50)/t21-,22+,25-,26-,27+/m0/s1. The molecule has 0 spiro atoms. The average molecular weight is 699 g/mol. The van der Waals surface area contributed by atoms with Gasteiger partial charge in [-0.2, -0.15) is 0 Å². The van der Waals surface area contributed by atoms with E-state index in [-0.39, 0.29) is 54.5 Å². The molecule has 7 amide bonds. The fourth-order valence-electron chi connectivity index (χ4n) is 8.04. The Kier molecular flexibility index (Phi) is 9.52. The zero-order valence-electron chi connectivity index (χ0n) is 31.6. The number of rotatable bonds is 10. The summed E-state index contributed by atoms with van der Waals surface area (Å²) in [5.41, 5.74) is -3.20. The maximum absolute atomic E-state index is 14.5. The Balaban J connectivity index is 1.31. The molecule has 13 nitrogen and oxygen atoms in total. The quantitative estimate of drug-likeness (QED) is 0.201. The lowest BCUT2D eigenvalue weighted by Gasteiger charge is -2.43. The van der Waals surface area contributed by atoms with Crippen molar-refractivity contribution in [2.24, 2.45) is 33.5 Å². The fraction of sp³-hybridized carbons (Fsp3) is 0.811. The van der Waals surface area contributed by atoms with Crippen molar-refractivity contribution in [3.8, 4) is 0 Å². The Hall–Kier alpha value is -3.51. The first-order valence-corrected chi connectivity index (χ1v) is 18.3. The van der Waals surface area contributed by atoms with Gasteiger partial charge in [0.05, 0.1) is 6.04 Å². The largest absolute Gasteiger partial charge is 0.347 e. The molecular weight excluding hydrogens is 640 g/mol. The van der Waals surface area contributed by atoms with Gasteiger partial charge in [-0.1, -0.05) is 69.2 Å². The number of piperidine rings is 2. The van der Waals surface area contributed by atoms with Crippen molar-refractivity contribution in [2.45, 2.75) is 144 Å². The lowest BCUT2D eigenvalue weighted by molar-refractivity contribution is -0.153. The van der Waals surface area contributed by atoms with E-state index in [4.69, 9.17) is 0 Å². The third-order valence-corrected chi connectivity index (χ3v) is 11.8. The molecule has 0 aromatic carbocycles. The van der Waals surface area contributed by atoms with Crippen LogP contribution < -0.4 is 21.3 Å². The second-order valence-electron chi connectivity index (χ2n) is 19.1. The molecule has 5 atom stereocenters. The molecule has 0 aromatic rings. The van der Waals surface area contributed by atoms with Crippen molar-refractivity contribution >= 4 is 41.4 Å². The number of carbonyl (C=O) groups is 7. The predicted octanol–water partition coefficient (Wildman–Crippen LogP) is 2.66. The molecule has 2 aliphatic heterocycles. The summed E-state index contributed by atoms with van der Waals surface area (Å²) < 4.78 is 0. The van der Waals surface area contributed by atoms with Gasteiger partial charge in [0.25, 0.3) is 5.91 Å². The molecule has 0 aromatic heterocycles. The van der Waals surface area contributed by atoms with Crippen molar-refractivity contribution in [2.75, 3.05) is 13.1 Å². The first-order valence-electron chi connectivity index (χ1n) is 18.3. The molecular formula is C37H58N6O7. The highest BCUT2D eigenvalue weighted by Gasteiger charge is 2.70. The molecule has 0 radical (unpaired) electrons. The minimum absolute atomic E-state index is 0.00472. The third kappa shape index (κ3) is 7.42. The monoisotopic (exact) mass is 698 g/mol. The SMILES string of the molecule is CC1(C)CC(=O)N(C[C@@H](NC(=O)N[C@H](C(=O)N2C[C@H]3[C@@H]([C@H]2C(=O)NC2(C(=O)C(=O)NC4CC4)CCC2)C3(C)C)C(C)(C)C)C(C)(C)C)C(=O)C1. The molecule has 278 valence electrons. The van der Waals surface area contributed by atoms with Gasteiger partial charge >= 0.3 is 6.03 Å². The zero-order valence-corrected chi connectivity index (χ0v) is 31.6. The molecule has 5 aliphatic rings. The van der Waals surface area contributed by atoms with Gasteiger partial charge in [-0.15, -0.1) is 0 Å². The van der Waals surface area contributed by atoms with Crippen LogP contribution in [0.25, 0.3) is 0 Å². The van der Waals surface area contributed by atoms with E-state index in [0.717, 1.165) is 12.8 Å². The molecule has 2 heterocycles. The molecule has 4 N–H and O–H groups in total. The van der Waals surface area contributed by atoms with Gasteiger partial charge in [-0.3, -0.25) is 33.7 Å². The third-order valence-electron chi connectivity index (χ3n) is 11.8.